The second-order valence-corrected chi connectivity index (χ2v) is 8.57. The molecule has 0 unspecified atom stereocenters. The quantitative estimate of drug-likeness (QED) is 0.481. The minimum atomic E-state index is -3.90. The molecule has 160 valence electrons. The Balaban J connectivity index is 1.83. The van der Waals surface area contributed by atoms with Gasteiger partial charge in [-0.3, -0.25) is 0 Å². The first kappa shape index (κ1) is 22.4. The monoisotopic (exact) mass is 460 g/mol. The Kier molecular flexibility index (Phi) is 6.70. The van der Waals surface area contributed by atoms with Gasteiger partial charge in [0.05, 0.1) is 17.2 Å². The molecule has 11 heteroatoms. The van der Waals surface area contributed by atoms with E-state index in [2.05, 4.69) is 26.7 Å². The van der Waals surface area contributed by atoms with Crippen molar-refractivity contribution in [3.8, 4) is 6.07 Å². The van der Waals surface area contributed by atoms with E-state index in [1.54, 1.807) is 37.3 Å². The highest BCUT2D eigenvalue weighted by atomic mass is 35.5. The summed E-state index contributed by atoms with van der Waals surface area (Å²) in [5, 5.41) is 20.0. The highest BCUT2D eigenvalue weighted by molar-refractivity contribution is 7.89. The van der Waals surface area contributed by atoms with Crippen LogP contribution in [0.4, 0.5) is 27.5 Å². The molecule has 0 aliphatic rings. The maximum absolute atomic E-state index is 14.2. The predicted molar refractivity (Wildman–Crippen MR) is 116 cm³/mol. The van der Waals surface area contributed by atoms with Crippen molar-refractivity contribution in [3.05, 3.63) is 64.6 Å². The molecule has 0 fully saturated rings. The van der Waals surface area contributed by atoms with Crippen LogP contribution in [0, 0.1) is 24.1 Å². The minimum absolute atomic E-state index is 0.0379. The zero-order valence-electron chi connectivity index (χ0n) is 16.4. The fraction of sp³-hybridized carbons (Fsp3) is 0.150. The lowest BCUT2D eigenvalue weighted by Gasteiger charge is -2.12. The number of hydrogen-bond acceptors (Lipinski definition) is 7. The topological polar surface area (TPSA) is 134 Å². The van der Waals surface area contributed by atoms with Gasteiger partial charge >= 0.3 is 0 Å². The number of rotatable bonds is 7. The van der Waals surface area contributed by atoms with Crippen molar-refractivity contribution < 1.29 is 12.8 Å². The van der Waals surface area contributed by atoms with E-state index in [-0.39, 0.29) is 16.7 Å². The molecule has 1 heterocycles. The van der Waals surface area contributed by atoms with Gasteiger partial charge in [0.2, 0.25) is 16.0 Å². The van der Waals surface area contributed by atoms with Crippen LogP contribution in [0.15, 0.2) is 47.5 Å². The van der Waals surface area contributed by atoms with E-state index >= 15 is 0 Å². The number of benzene rings is 2. The van der Waals surface area contributed by atoms with Gasteiger partial charge in [0.25, 0.3) is 0 Å². The lowest BCUT2D eigenvalue weighted by Crippen LogP contribution is -2.14. The molecule has 3 rings (SSSR count). The summed E-state index contributed by atoms with van der Waals surface area (Å²) in [5.41, 5.74) is 2.17. The fourth-order valence-electron chi connectivity index (χ4n) is 2.78. The molecule has 31 heavy (non-hydrogen) atoms. The Morgan fingerprint density at radius 3 is 2.58 bits per heavy atom. The maximum Gasteiger partial charge on any atom is 0.238 e. The van der Waals surface area contributed by atoms with Crippen molar-refractivity contribution in [2.24, 2.45) is 5.14 Å². The number of hydrogen-bond donors (Lipinski definition) is 3. The number of aromatic nitrogens is 2. The van der Waals surface area contributed by atoms with Gasteiger partial charge in [-0.25, -0.2) is 22.9 Å². The molecular weight excluding hydrogens is 443 g/mol. The van der Waals surface area contributed by atoms with Crippen LogP contribution >= 0.6 is 11.6 Å². The minimum Gasteiger partial charge on any atom is -0.338 e. The van der Waals surface area contributed by atoms with Gasteiger partial charge in [-0.1, -0.05) is 23.7 Å². The summed E-state index contributed by atoms with van der Waals surface area (Å²) in [7, 11) is -3.90. The molecule has 0 aliphatic heterocycles. The van der Waals surface area contributed by atoms with Crippen LogP contribution in [0.25, 0.3) is 0 Å². The number of nitrogens with one attached hydrogen (secondary N) is 2. The van der Waals surface area contributed by atoms with Gasteiger partial charge in [-0.05, 0) is 48.7 Å². The number of nitriles is 1. The molecule has 4 N–H and O–H groups in total. The van der Waals surface area contributed by atoms with Crippen LogP contribution in [0.3, 0.4) is 0 Å². The van der Waals surface area contributed by atoms with Crippen LogP contribution in [0.5, 0.6) is 0 Å². The smallest absolute Gasteiger partial charge is 0.238 e. The standard InChI is InChI=1S/C20H18ClFN6O2S/c1-12-4-6-15(10-18(12)31(24,29)30)27-20-25-11-17(22)19(28-20)26-14-7-5-13(3-2-8-23)16(21)9-14/h4-7,9-11H,2-3H2,1H3,(H2,24,29,30)(H2,25,26,27,28). The van der Waals surface area contributed by atoms with Gasteiger partial charge in [0.15, 0.2) is 11.6 Å². The van der Waals surface area contributed by atoms with Crippen LogP contribution in [-0.2, 0) is 16.4 Å². The highest BCUT2D eigenvalue weighted by Crippen LogP contribution is 2.26. The number of primary sulfonamides is 1. The maximum atomic E-state index is 14.2. The molecule has 0 saturated carbocycles. The molecule has 1 aromatic heterocycles. The Bertz CT molecular complexity index is 1280. The summed E-state index contributed by atoms with van der Waals surface area (Å²) in [6.07, 6.45) is 1.84. The van der Waals surface area contributed by atoms with Crippen LogP contribution < -0.4 is 15.8 Å². The van der Waals surface area contributed by atoms with Crippen molar-refractivity contribution in [1.29, 1.82) is 5.26 Å². The van der Waals surface area contributed by atoms with E-state index < -0.39 is 15.8 Å². The summed E-state index contributed by atoms with van der Waals surface area (Å²) in [6.45, 7) is 1.62. The van der Waals surface area contributed by atoms with Crippen LogP contribution in [0.2, 0.25) is 5.02 Å². The van der Waals surface area contributed by atoms with Gasteiger partial charge in [0.1, 0.15) is 0 Å². The van der Waals surface area contributed by atoms with Crippen molar-refractivity contribution >= 4 is 44.8 Å². The lowest BCUT2D eigenvalue weighted by atomic mass is 10.1. The largest absolute Gasteiger partial charge is 0.338 e. The first-order valence-electron chi connectivity index (χ1n) is 9.03. The molecular formula is C20H18ClFN6O2S. The van der Waals surface area contributed by atoms with Gasteiger partial charge in [-0.15, -0.1) is 0 Å². The summed E-state index contributed by atoms with van der Waals surface area (Å²) in [6, 6.07) is 11.7. The number of sulfonamides is 1. The van der Waals surface area contributed by atoms with Gasteiger partial charge in [0, 0.05) is 22.8 Å². The molecule has 0 saturated heterocycles. The Morgan fingerprint density at radius 1 is 1.19 bits per heavy atom. The molecule has 3 aromatic rings. The molecule has 0 bridgehead atoms. The second-order valence-electron chi connectivity index (χ2n) is 6.63. The van der Waals surface area contributed by atoms with E-state index in [4.69, 9.17) is 22.0 Å². The molecule has 8 nitrogen and oxygen atoms in total. The molecule has 0 amide bonds. The predicted octanol–water partition coefficient (Wildman–Crippen LogP) is 4.17. The third-order valence-electron chi connectivity index (χ3n) is 4.32. The van der Waals surface area contributed by atoms with E-state index in [1.165, 1.54) is 6.07 Å². The number of halogens is 2. The van der Waals surface area contributed by atoms with Crippen molar-refractivity contribution in [1.82, 2.24) is 9.97 Å². The van der Waals surface area contributed by atoms with E-state index in [1.807, 2.05) is 0 Å². The summed E-state index contributed by atoms with van der Waals surface area (Å²) >= 11 is 6.23. The Labute approximate surface area is 184 Å². The summed E-state index contributed by atoms with van der Waals surface area (Å²) < 4.78 is 37.6. The van der Waals surface area contributed by atoms with E-state index in [9.17, 15) is 12.8 Å². The van der Waals surface area contributed by atoms with Crippen LogP contribution in [0.1, 0.15) is 17.5 Å². The number of nitrogens with two attached hydrogens (primary N) is 1. The third-order valence-corrected chi connectivity index (χ3v) is 5.72. The number of anilines is 4. The Morgan fingerprint density at radius 2 is 1.90 bits per heavy atom. The third kappa shape index (κ3) is 5.67. The van der Waals surface area contributed by atoms with E-state index in [0.717, 1.165) is 11.8 Å². The molecule has 0 spiro atoms. The van der Waals surface area contributed by atoms with Crippen molar-refractivity contribution in [2.75, 3.05) is 10.6 Å². The summed E-state index contributed by atoms with van der Waals surface area (Å²) in [4.78, 5) is 7.95. The average Bonchev–Trinajstić information content (AvgIpc) is 2.70. The second kappa shape index (κ2) is 9.26. The molecule has 0 radical (unpaired) electrons. The van der Waals surface area contributed by atoms with E-state index in [0.29, 0.717) is 34.8 Å². The van der Waals surface area contributed by atoms with Crippen LogP contribution in [-0.4, -0.2) is 18.4 Å². The average molecular weight is 461 g/mol. The molecule has 0 aliphatic carbocycles. The zero-order chi connectivity index (χ0) is 22.6. The van der Waals surface area contributed by atoms with Gasteiger partial charge < -0.3 is 10.6 Å². The number of nitrogens with zero attached hydrogens (tertiary/aromatic N) is 3. The van der Waals surface area contributed by atoms with Crippen molar-refractivity contribution in [3.63, 3.8) is 0 Å². The summed E-state index contributed by atoms with van der Waals surface area (Å²) in [5.74, 6) is -0.744. The Hall–Kier alpha value is -3.26. The van der Waals surface area contributed by atoms with Crippen molar-refractivity contribution in [2.45, 2.75) is 24.7 Å². The molecule has 2 aromatic carbocycles. The number of aryl methyl sites for hydroxylation is 2. The van der Waals surface area contributed by atoms with Gasteiger partial charge in [-0.2, -0.15) is 10.2 Å². The normalized spacial score (nSPS) is 11.1. The highest BCUT2D eigenvalue weighted by Gasteiger charge is 2.14. The lowest BCUT2D eigenvalue weighted by molar-refractivity contribution is 0.597. The SMILES string of the molecule is Cc1ccc(Nc2ncc(F)c(Nc3ccc(CCC#N)c(Cl)c3)n2)cc1S(N)(=O)=O. The molecule has 0 atom stereocenters. The fourth-order valence-corrected chi connectivity index (χ4v) is 3.87. The zero-order valence-corrected chi connectivity index (χ0v) is 17.9. The first-order valence-corrected chi connectivity index (χ1v) is 10.9. The first-order chi connectivity index (χ1) is 14.7.